The number of halogens is 1. The Hall–Kier alpha value is -1.20. The Labute approximate surface area is 105 Å². The number of likely N-dealkylation sites (tertiary alicyclic amines) is 1. The van der Waals surface area contributed by atoms with Crippen LogP contribution in [0.5, 0.6) is 0 Å². The van der Waals surface area contributed by atoms with E-state index in [1.165, 1.54) is 6.07 Å². The van der Waals surface area contributed by atoms with Gasteiger partial charge in [0.15, 0.2) is 5.11 Å². The number of benzene rings is 1. The number of hydrogen-bond donors (Lipinski definition) is 2. The van der Waals surface area contributed by atoms with E-state index in [0.717, 1.165) is 19.4 Å². The predicted octanol–water partition coefficient (Wildman–Crippen LogP) is 1.98. The quantitative estimate of drug-likeness (QED) is 0.751. The van der Waals surface area contributed by atoms with Gasteiger partial charge >= 0.3 is 0 Å². The highest BCUT2D eigenvalue weighted by molar-refractivity contribution is 7.80. The number of anilines is 1. The van der Waals surface area contributed by atoms with Gasteiger partial charge in [0.2, 0.25) is 0 Å². The van der Waals surface area contributed by atoms with Crippen LogP contribution in [-0.2, 0) is 0 Å². The minimum Gasteiger partial charge on any atom is -0.391 e. The van der Waals surface area contributed by atoms with Crippen LogP contribution < -0.4 is 5.32 Å². The molecule has 1 aliphatic rings. The van der Waals surface area contributed by atoms with Crippen LogP contribution in [0.4, 0.5) is 10.1 Å². The topological polar surface area (TPSA) is 35.5 Å². The van der Waals surface area contributed by atoms with Gasteiger partial charge in [-0.25, -0.2) is 4.39 Å². The Morgan fingerprint density at radius 2 is 2.24 bits per heavy atom. The number of nitrogens with one attached hydrogen (secondary N) is 1. The molecule has 2 rings (SSSR count). The summed E-state index contributed by atoms with van der Waals surface area (Å²) in [7, 11) is 0. The lowest BCUT2D eigenvalue weighted by atomic mass is 10.1. The normalized spacial score (nSPS) is 20.1. The zero-order chi connectivity index (χ0) is 12.3. The van der Waals surface area contributed by atoms with Crippen molar-refractivity contribution in [3.8, 4) is 0 Å². The first kappa shape index (κ1) is 12.3. The highest BCUT2D eigenvalue weighted by Gasteiger charge is 2.20. The van der Waals surface area contributed by atoms with E-state index in [4.69, 9.17) is 12.2 Å². The zero-order valence-corrected chi connectivity index (χ0v) is 10.2. The van der Waals surface area contributed by atoms with Crippen LogP contribution >= 0.6 is 12.2 Å². The second-order valence-electron chi connectivity index (χ2n) is 4.15. The molecule has 0 aromatic heterocycles. The molecule has 1 aromatic rings. The van der Waals surface area contributed by atoms with Crippen molar-refractivity contribution in [1.29, 1.82) is 0 Å². The van der Waals surface area contributed by atoms with Crippen molar-refractivity contribution in [3.63, 3.8) is 0 Å². The van der Waals surface area contributed by atoms with Crippen molar-refractivity contribution in [2.24, 2.45) is 0 Å². The molecule has 0 saturated carbocycles. The van der Waals surface area contributed by atoms with Crippen LogP contribution in [0.15, 0.2) is 24.3 Å². The van der Waals surface area contributed by atoms with Gasteiger partial charge in [-0.15, -0.1) is 0 Å². The van der Waals surface area contributed by atoms with Crippen LogP contribution in [0.2, 0.25) is 0 Å². The van der Waals surface area contributed by atoms with Crippen molar-refractivity contribution in [3.05, 3.63) is 30.1 Å². The monoisotopic (exact) mass is 254 g/mol. The molecule has 0 aliphatic carbocycles. The number of aliphatic hydroxyl groups is 1. The van der Waals surface area contributed by atoms with E-state index in [2.05, 4.69) is 5.32 Å². The first-order valence-corrected chi connectivity index (χ1v) is 6.06. The molecule has 1 heterocycles. The number of rotatable bonds is 1. The van der Waals surface area contributed by atoms with E-state index in [0.29, 0.717) is 17.3 Å². The number of thiocarbonyl (C=S) groups is 1. The molecule has 17 heavy (non-hydrogen) atoms. The van der Waals surface area contributed by atoms with Crippen molar-refractivity contribution >= 4 is 23.0 Å². The molecule has 92 valence electrons. The molecule has 1 saturated heterocycles. The standard InChI is InChI=1S/C12H15FN2OS/c13-10-5-1-2-6-11(10)14-12(17)15-7-3-4-9(16)8-15/h1-2,5-6,9,16H,3-4,7-8H2,(H,14,17). The molecule has 1 aromatic carbocycles. The summed E-state index contributed by atoms with van der Waals surface area (Å²) in [6.45, 7) is 1.32. The van der Waals surface area contributed by atoms with E-state index < -0.39 is 0 Å². The fraction of sp³-hybridized carbons (Fsp3) is 0.417. The summed E-state index contributed by atoms with van der Waals surface area (Å²) in [4.78, 5) is 1.87. The van der Waals surface area contributed by atoms with Gasteiger partial charge in [0.25, 0.3) is 0 Å². The molecular weight excluding hydrogens is 239 g/mol. The van der Waals surface area contributed by atoms with Gasteiger partial charge in [0.1, 0.15) is 5.82 Å². The molecular formula is C12H15FN2OS. The molecule has 3 nitrogen and oxygen atoms in total. The smallest absolute Gasteiger partial charge is 0.173 e. The van der Waals surface area contributed by atoms with Gasteiger partial charge in [-0.3, -0.25) is 0 Å². The number of β-amino-alcohol motifs (C(OH)–C–C–N with tert-alkyl or cyclic N) is 1. The fourth-order valence-electron chi connectivity index (χ4n) is 1.90. The Morgan fingerprint density at radius 1 is 1.47 bits per heavy atom. The lowest BCUT2D eigenvalue weighted by Crippen LogP contribution is -2.44. The van der Waals surface area contributed by atoms with Gasteiger partial charge in [0.05, 0.1) is 11.8 Å². The number of para-hydroxylation sites is 1. The van der Waals surface area contributed by atoms with Gasteiger partial charge in [-0.05, 0) is 37.2 Å². The summed E-state index contributed by atoms with van der Waals surface area (Å²) >= 11 is 5.21. The first-order valence-electron chi connectivity index (χ1n) is 5.65. The number of hydrogen-bond acceptors (Lipinski definition) is 2. The van der Waals surface area contributed by atoms with Gasteiger partial charge < -0.3 is 15.3 Å². The lowest BCUT2D eigenvalue weighted by Gasteiger charge is -2.32. The Kier molecular flexibility index (Phi) is 3.91. The Morgan fingerprint density at radius 3 is 2.94 bits per heavy atom. The minimum absolute atomic E-state index is 0.326. The third-order valence-electron chi connectivity index (χ3n) is 2.80. The van der Waals surface area contributed by atoms with Gasteiger partial charge in [0, 0.05) is 13.1 Å². The van der Waals surface area contributed by atoms with Crippen LogP contribution in [0.3, 0.4) is 0 Å². The Bertz CT molecular complexity index is 413. The molecule has 0 spiro atoms. The largest absolute Gasteiger partial charge is 0.391 e. The van der Waals surface area contributed by atoms with E-state index in [9.17, 15) is 9.50 Å². The number of aliphatic hydroxyl groups excluding tert-OH is 1. The summed E-state index contributed by atoms with van der Waals surface area (Å²) in [6.07, 6.45) is 1.36. The van der Waals surface area contributed by atoms with Crippen LogP contribution in [0.25, 0.3) is 0 Å². The SMILES string of the molecule is OC1CCCN(C(=S)Nc2ccccc2F)C1. The van der Waals surface area contributed by atoms with Gasteiger partial charge in [-0.1, -0.05) is 12.1 Å². The van der Waals surface area contributed by atoms with Crippen LogP contribution in [0.1, 0.15) is 12.8 Å². The van der Waals surface area contributed by atoms with Crippen molar-refractivity contribution < 1.29 is 9.50 Å². The molecule has 5 heteroatoms. The Balaban J connectivity index is 1.99. The molecule has 1 unspecified atom stereocenters. The molecule has 0 radical (unpaired) electrons. The van der Waals surface area contributed by atoms with Crippen molar-refractivity contribution in [2.45, 2.75) is 18.9 Å². The molecule has 1 atom stereocenters. The van der Waals surface area contributed by atoms with Gasteiger partial charge in [-0.2, -0.15) is 0 Å². The van der Waals surface area contributed by atoms with E-state index >= 15 is 0 Å². The average Bonchev–Trinajstić information content (AvgIpc) is 2.32. The minimum atomic E-state index is -0.343. The molecule has 0 amide bonds. The van der Waals surface area contributed by atoms with E-state index in [1.807, 2.05) is 4.90 Å². The summed E-state index contributed by atoms with van der Waals surface area (Å²) in [5.41, 5.74) is 0.373. The fourth-order valence-corrected chi connectivity index (χ4v) is 2.17. The first-order chi connectivity index (χ1) is 8.16. The average molecular weight is 254 g/mol. The maximum absolute atomic E-state index is 13.4. The maximum Gasteiger partial charge on any atom is 0.173 e. The predicted molar refractivity (Wildman–Crippen MR) is 69.4 cm³/mol. The zero-order valence-electron chi connectivity index (χ0n) is 9.40. The summed E-state index contributed by atoms with van der Waals surface area (Å²) in [6, 6.07) is 6.41. The third kappa shape index (κ3) is 3.14. The van der Waals surface area contributed by atoms with Crippen LogP contribution in [-0.4, -0.2) is 34.3 Å². The molecule has 1 fully saturated rings. The second-order valence-corrected chi connectivity index (χ2v) is 4.54. The number of nitrogens with zero attached hydrogens (tertiary/aromatic N) is 1. The lowest BCUT2D eigenvalue weighted by molar-refractivity contribution is 0.104. The maximum atomic E-state index is 13.4. The number of piperidine rings is 1. The second kappa shape index (κ2) is 5.42. The molecule has 0 bridgehead atoms. The van der Waals surface area contributed by atoms with Crippen molar-refractivity contribution in [2.75, 3.05) is 18.4 Å². The van der Waals surface area contributed by atoms with E-state index in [-0.39, 0.29) is 11.9 Å². The summed E-state index contributed by atoms with van der Waals surface area (Å²) < 4.78 is 13.4. The summed E-state index contributed by atoms with van der Waals surface area (Å²) in [5.74, 6) is -0.326. The van der Waals surface area contributed by atoms with E-state index in [1.54, 1.807) is 18.2 Å². The van der Waals surface area contributed by atoms with Crippen LogP contribution in [0, 0.1) is 5.82 Å². The third-order valence-corrected chi connectivity index (χ3v) is 3.16. The molecule has 2 N–H and O–H groups in total. The highest BCUT2D eigenvalue weighted by Crippen LogP contribution is 2.15. The highest BCUT2D eigenvalue weighted by atomic mass is 32.1. The summed E-state index contributed by atoms with van der Waals surface area (Å²) in [5, 5.41) is 12.9. The van der Waals surface area contributed by atoms with Crippen molar-refractivity contribution in [1.82, 2.24) is 4.90 Å². The molecule has 1 aliphatic heterocycles.